The minimum atomic E-state index is 0.0817. The van der Waals surface area contributed by atoms with Crippen LogP contribution in [0.5, 0.6) is 0 Å². The SMILES string of the molecule is CCC(N)C(c1ccccc1Cl)N(C)CCc1cccs1. The van der Waals surface area contributed by atoms with E-state index in [0.717, 1.165) is 30.0 Å². The number of hydrogen-bond acceptors (Lipinski definition) is 3. The van der Waals surface area contributed by atoms with Crippen LogP contribution in [0.2, 0.25) is 5.02 Å². The zero-order chi connectivity index (χ0) is 15.2. The molecule has 0 bridgehead atoms. The Hall–Kier alpha value is -0.870. The first-order valence-electron chi connectivity index (χ1n) is 7.36. The molecule has 0 saturated carbocycles. The molecular formula is C17H23ClN2S. The van der Waals surface area contributed by atoms with Crippen molar-refractivity contribution < 1.29 is 0 Å². The van der Waals surface area contributed by atoms with Crippen molar-refractivity contribution in [2.75, 3.05) is 13.6 Å². The summed E-state index contributed by atoms with van der Waals surface area (Å²) < 4.78 is 0. The van der Waals surface area contributed by atoms with Gasteiger partial charge in [-0.15, -0.1) is 11.3 Å². The quantitative estimate of drug-likeness (QED) is 0.821. The van der Waals surface area contributed by atoms with Crippen LogP contribution >= 0.6 is 22.9 Å². The van der Waals surface area contributed by atoms with Gasteiger partial charge in [0.2, 0.25) is 0 Å². The molecule has 2 aromatic rings. The number of hydrogen-bond donors (Lipinski definition) is 1. The molecule has 0 amide bonds. The van der Waals surface area contributed by atoms with Crippen molar-refractivity contribution in [2.45, 2.75) is 31.8 Å². The topological polar surface area (TPSA) is 29.3 Å². The maximum Gasteiger partial charge on any atom is 0.0511 e. The van der Waals surface area contributed by atoms with Crippen LogP contribution in [0, 0.1) is 0 Å². The van der Waals surface area contributed by atoms with Crippen molar-refractivity contribution in [1.82, 2.24) is 4.90 Å². The molecule has 2 atom stereocenters. The fraction of sp³-hybridized carbons (Fsp3) is 0.412. The zero-order valence-corrected chi connectivity index (χ0v) is 14.2. The van der Waals surface area contributed by atoms with Gasteiger partial charge in [0.25, 0.3) is 0 Å². The van der Waals surface area contributed by atoms with E-state index < -0.39 is 0 Å². The summed E-state index contributed by atoms with van der Waals surface area (Å²) in [6.45, 7) is 3.10. The maximum atomic E-state index is 6.38. The summed E-state index contributed by atoms with van der Waals surface area (Å²) in [5.41, 5.74) is 7.50. The fourth-order valence-corrected chi connectivity index (χ4v) is 3.56. The second-order valence-electron chi connectivity index (χ2n) is 5.35. The number of benzene rings is 1. The molecule has 1 aromatic heterocycles. The highest BCUT2D eigenvalue weighted by Crippen LogP contribution is 2.30. The fourth-order valence-electron chi connectivity index (χ4n) is 2.61. The van der Waals surface area contributed by atoms with Crippen molar-refractivity contribution in [3.63, 3.8) is 0 Å². The molecule has 0 radical (unpaired) electrons. The normalized spacial score (nSPS) is 14.3. The van der Waals surface area contributed by atoms with Gasteiger partial charge in [-0.2, -0.15) is 0 Å². The van der Waals surface area contributed by atoms with E-state index >= 15 is 0 Å². The third-order valence-corrected chi connectivity index (χ3v) is 5.15. The van der Waals surface area contributed by atoms with Crippen molar-refractivity contribution in [1.29, 1.82) is 0 Å². The first kappa shape index (κ1) is 16.5. The van der Waals surface area contributed by atoms with Crippen molar-refractivity contribution >= 4 is 22.9 Å². The third-order valence-electron chi connectivity index (χ3n) is 3.87. The Kier molecular flexibility index (Phi) is 6.24. The van der Waals surface area contributed by atoms with Gasteiger partial charge in [0.1, 0.15) is 0 Å². The second kappa shape index (κ2) is 7.95. The Labute approximate surface area is 136 Å². The van der Waals surface area contributed by atoms with Crippen molar-refractivity contribution in [2.24, 2.45) is 5.73 Å². The minimum absolute atomic E-state index is 0.0817. The van der Waals surface area contributed by atoms with E-state index in [-0.39, 0.29) is 12.1 Å². The molecule has 2 rings (SSSR count). The lowest BCUT2D eigenvalue weighted by Gasteiger charge is -2.33. The Morgan fingerprint density at radius 1 is 1.24 bits per heavy atom. The highest BCUT2D eigenvalue weighted by Gasteiger charge is 2.24. The van der Waals surface area contributed by atoms with Gasteiger partial charge in [0, 0.05) is 22.5 Å². The van der Waals surface area contributed by atoms with E-state index in [1.807, 2.05) is 18.2 Å². The summed E-state index contributed by atoms with van der Waals surface area (Å²) in [5.74, 6) is 0. The number of nitrogens with zero attached hydrogens (tertiary/aromatic N) is 1. The molecule has 0 saturated heterocycles. The molecule has 2 nitrogen and oxygen atoms in total. The monoisotopic (exact) mass is 322 g/mol. The Bertz CT molecular complexity index is 541. The van der Waals surface area contributed by atoms with Gasteiger partial charge in [-0.05, 0) is 43.0 Å². The van der Waals surface area contributed by atoms with Crippen LogP contribution in [0.15, 0.2) is 41.8 Å². The number of halogens is 1. The van der Waals surface area contributed by atoms with E-state index in [9.17, 15) is 0 Å². The third kappa shape index (κ3) is 4.30. The first-order chi connectivity index (χ1) is 10.1. The van der Waals surface area contributed by atoms with Crippen molar-refractivity contribution in [3.8, 4) is 0 Å². The van der Waals surface area contributed by atoms with Gasteiger partial charge < -0.3 is 5.73 Å². The molecule has 1 aromatic carbocycles. The minimum Gasteiger partial charge on any atom is -0.326 e. The summed E-state index contributed by atoms with van der Waals surface area (Å²) in [6, 6.07) is 12.5. The van der Waals surface area contributed by atoms with Crippen LogP contribution in [0.3, 0.4) is 0 Å². The van der Waals surface area contributed by atoms with Crippen LogP contribution in [-0.4, -0.2) is 24.5 Å². The number of likely N-dealkylation sites (N-methyl/N-ethyl adjacent to an activating group) is 1. The summed E-state index contributed by atoms with van der Waals surface area (Å²) in [4.78, 5) is 3.74. The molecule has 0 aliphatic rings. The molecule has 4 heteroatoms. The molecule has 0 aliphatic carbocycles. The summed E-state index contributed by atoms with van der Waals surface area (Å²) in [7, 11) is 2.14. The molecule has 21 heavy (non-hydrogen) atoms. The summed E-state index contributed by atoms with van der Waals surface area (Å²) in [6.07, 6.45) is 1.98. The standard InChI is InChI=1S/C17H23ClN2S/c1-3-16(19)17(14-8-4-5-9-15(14)18)20(2)11-10-13-7-6-12-21-13/h4-9,12,16-17H,3,10-11,19H2,1-2H3. The first-order valence-corrected chi connectivity index (χ1v) is 8.62. The molecular weight excluding hydrogens is 300 g/mol. The molecule has 114 valence electrons. The van der Waals surface area contributed by atoms with Crippen LogP contribution in [0.25, 0.3) is 0 Å². The smallest absolute Gasteiger partial charge is 0.0511 e. The van der Waals surface area contributed by atoms with Crippen molar-refractivity contribution in [3.05, 3.63) is 57.2 Å². The predicted octanol–water partition coefficient (Wildman–Crippen LogP) is 4.35. The predicted molar refractivity (Wildman–Crippen MR) is 93.1 cm³/mol. The highest BCUT2D eigenvalue weighted by molar-refractivity contribution is 7.09. The zero-order valence-electron chi connectivity index (χ0n) is 12.6. The van der Waals surface area contributed by atoms with E-state index in [4.69, 9.17) is 17.3 Å². The Morgan fingerprint density at radius 2 is 2.00 bits per heavy atom. The van der Waals surface area contributed by atoms with Gasteiger partial charge in [-0.1, -0.05) is 42.8 Å². The number of nitrogens with two attached hydrogens (primary N) is 1. The second-order valence-corrected chi connectivity index (χ2v) is 6.79. The van der Waals surface area contributed by atoms with E-state index in [1.54, 1.807) is 11.3 Å². The van der Waals surface area contributed by atoms with Crippen LogP contribution < -0.4 is 5.73 Å². The van der Waals surface area contributed by atoms with E-state index in [0.29, 0.717) is 0 Å². The molecule has 2 unspecified atom stereocenters. The molecule has 2 N–H and O–H groups in total. The molecule has 1 heterocycles. The summed E-state index contributed by atoms with van der Waals surface area (Å²) in [5, 5.41) is 2.92. The molecule has 0 fully saturated rings. The lowest BCUT2D eigenvalue weighted by Crippen LogP contribution is -2.39. The Balaban J connectivity index is 2.14. The van der Waals surface area contributed by atoms with E-state index in [1.165, 1.54) is 4.88 Å². The maximum absolute atomic E-state index is 6.38. The van der Waals surface area contributed by atoms with Crippen LogP contribution in [0.4, 0.5) is 0 Å². The average molecular weight is 323 g/mol. The van der Waals surface area contributed by atoms with Gasteiger partial charge in [-0.3, -0.25) is 4.90 Å². The largest absolute Gasteiger partial charge is 0.326 e. The molecule has 0 spiro atoms. The lowest BCUT2D eigenvalue weighted by molar-refractivity contribution is 0.212. The highest BCUT2D eigenvalue weighted by atomic mass is 35.5. The van der Waals surface area contributed by atoms with Gasteiger partial charge >= 0.3 is 0 Å². The van der Waals surface area contributed by atoms with Gasteiger partial charge in [-0.25, -0.2) is 0 Å². The summed E-state index contributed by atoms with van der Waals surface area (Å²) >= 11 is 8.19. The number of rotatable bonds is 7. The average Bonchev–Trinajstić information content (AvgIpc) is 3.00. The Morgan fingerprint density at radius 3 is 2.62 bits per heavy atom. The van der Waals surface area contributed by atoms with Crippen LogP contribution in [-0.2, 0) is 6.42 Å². The lowest BCUT2D eigenvalue weighted by atomic mass is 9.96. The van der Waals surface area contributed by atoms with Crippen LogP contribution in [0.1, 0.15) is 29.8 Å². The number of thiophene rings is 1. The molecule has 0 aliphatic heterocycles. The van der Waals surface area contributed by atoms with Gasteiger partial charge in [0.15, 0.2) is 0 Å². The van der Waals surface area contributed by atoms with Gasteiger partial charge in [0.05, 0.1) is 6.04 Å². The van der Waals surface area contributed by atoms with E-state index in [2.05, 4.69) is 42.5 Å².